The fourth-order valence-corrected chi connectivity index (χ4v) is 2.35. The van der Waals surface area contributed by atoms with Crippen molar-refractivity contribution in [3.8, 4) is 0 Å². The first kappa shape index (κ1) is 13.3. The van der Waals surface area contributed by atoms with Crippen LogP contribution in [-0.2, 0) is 17.7 Å². The number of ether oxygens (including phenoxy) is 1. The SMILES string of the molecule is c1ccc(Cc2noc(CNC3CCCOC3)n2)cc1. The minimum atomic E-state index is 0.397. The van der Waals surface area contributed by atoms with Gasteiger partial charge in [-0.3, -0.25) is 0 Å². The third-order valence-electron chi connectivity index (χ3n) is 3.42. The third-order valence-corrected chi connectivity index (χ3v) is 3.42. The fraction of sp³-hybridized carbons (Fsp3) is 0.467. The zero-order valence-corrected chi connectivity index (χ0v) is 11.4. The summed E-state index contributed by atoms with van der Waals surface area (Å²) in [6, 6.07) is 10.6. The van der Waals surface area contributed by atoms with E-state index >= 15 is 0 Å². The Kier molecular flexibility index (Phi) is 4.40. The van der Waals surface area contributed by atoms with Gasteiger partial charge in [-0.15, -0.1) is 0 Å². The van der Waals surface area contributed by atoms with E-state index in [-0.39, 0.29) is 0 Å². The Labute approximate surface area is 118 Å². The van der Waals surface area contributed by atoms with E-state index in [0.29, 0.717) is 24.9 Å². The first-order chi connectivity index (χ1) is 9.90. The number of aromatic nitrogens is 2. The highest BCUT2D eigenvalue weighted by Gasteiger charge is 2.14. The molecule has 2 heterocycles. The normalized spacial score (nSPS) is 19.1. The Morgan fingerprint density at radius 2 is 2.15 bits per heavy atom. The summed E-state index contributed by atoms with van der Waals surface area (Å²) in [5.74, 6) is 1.37. The number of hydrogen-bond acceptors (Lipinski definition) is 5. The molecule has 106 valence electrons. The van der Waals surface area contributed by atoms with Crippen LogP contribution >= 0.6 is 0 Å². The maximum atomic E-state index is 5.43. The highest BCUT2D eigenvalue weighted by atomic mass is 16.5. The standard InChI is InChI=1S/C15H19N3O2/c1-2-5-12(6-3-1)9-14-17-15(20-18-14)10-16-13-7-4-8-19-11-13/h1-3,5-6,13,16H,4,7-11H2. The van der Waals surface area contributed by atoms with E-state index in [1.807, 2.05) is 18.2 Å². The number of nitrogens with one attached hydrogen (secondary N) is 1. The van der Waals surface area contributed by atoms with Crippen LogP contribution in [0.5, 0.6) is 0 Å². The molecule has 3 rings (SSSR count). The van der Waals surface area contributed by atoms with E-state index in [0.717, 1.165) is 31.9 Å². The molecule has 1 N–H and O–H groups in total. The van der Waals surface area contributed by atoms with Gasteiger partial charge >= 0.3 is 0 Å². The molecule has 0 bridgehead atoms. The maximum Gasteiger partial charge on any atom is 0.240 e. The lowest BCUT2D eigenvalue weighted by atomic mass is 10.1. The number of nitrogens with zero attached hydrogens (tertiary/aromatic N) is 2. The third kappa shape index (κ3) is 3.65. The fourth-order valence-electron chi connectivity index (χ4n) is 2.35. The molecule has 1 aliphatic rings. The average molecular weight is 273 g/mol. The van der Waals surface area contributed by atoms with Crippen molar-refractivity contribution in [1.82, 2.24) is 15.5 Å². The van der Waals surface area contributed by atoms with Gasteiger partial charge in [-0.05, 0) is 18.4 Å². The lowest BCUT2D eigenvalue weighted by Crippen LogP contribution is -2.36. The quantitative estimate of drug-likeness (QED) is 0.902. The van der Waals surface area contributed by atoms with Gasteiger partial charge in [0.2, 0.25) is 5.89 Å². The zero-order chi connectivity index (χ0) is 13.6. The summed E-state index contributed by atoms with van der Waals surface area (Å²) in [7, 11) is 0. The van der Waals surface area contributed by atoms with Gasteiger partial charge < -0.3 is 14.6 Å². The van der Waals surface area contributed by atoms with Crippen molar-refractivity contribution in [2.45, 2.75) is 31.8 Å². The van der Waals surface area contributed by atoms with Gasteiger partial charge in [-0.1, -0.05) is 35.5 Å². The minimum absolute atomic E-state index is 0.397. The van der Waals surface area contributed by atoms with E-state index in [4.69, 9.17) is 9.26 Å². The van der Waals surface area contributed by atoms with E-state index in [1.165, 1.54) is 5.56 Å². The average Bonchev–Trinajstić information content (AvgIpc) is 2.95. The van der Waals surface area contributed by atoms with E-state index in [1.54, 1.807) is 0 Å². The second-order valence-corrected chi connectivity index (χ2v) is 5.06. The minimum Gasteiger partial charge on any atom is -0.380 e. The molecular formula is C15H19N3O2. The Hall–Kier alpha value is -1.72. The van der Waals surface area contributed by atoms with Crippen LogP contribution in [0.15, 0.2) is 34.9 Å². The molecule has 0 aliphatic carbocycles. The van der Waals surface area contributed by atoms with Gasteiger partial charge in [0.05, 0.1) is 13.2 Å². The van der Waals surface area contributed by atoms with Gasteiger partial charge in [0, 0.05) is 19.1 Å². The molecule has 1 fully saturated rings. The topological polar surface area (TPSA) is 60.2 Å². The Morgan fingerprint density at radius 1 is 1.25 bits per heavy atom. The largest absolute Gasteiger partial charge is 0.380 e. The van der Waals surface area contributed by atoms with Gasteiger partial charge in [-0.2, -0.15) is 4.98 Å². The van der Waals surface area contributed by atoms with Crippen molar-refractivity contribution in [2.24, 2.45) is 0 Å². The predicted octanol–water partition coefficient (Wildman–Crippen LogP) is 1.93. The first-order valence-corrected chi connectivity index (χ1v) is 7.06. The summed E-state index contributed by atoms with van der Waals surface area (Å²) >= 11 is 0. The summed E-state index contributed by atoms with van der Waals surface area (Å²) in [6.45, 7) is 2.25. The number of rotatable bonds is 5. The van der Waals surface area contributed by atoms with Crippen molar-refractivity contribution in [2.75, 3.05) is 13.2 Å². The summed E-state index contributed by atoms with van der Waals surface area (Å²) in [5, 5.41) is 7.41. The number of benzene rings is 1. The van der Waals surface area contributed by atoms with Crippen LogP contribution in [-0.4, -0.2) is 29.4 Å². The van der Waals surface area contributed by atoms with Crippen molar-refractivity contribution in [1.29, 1.82) is 0 Å². The van der Waals surface area contributed by atoms with Gasteiger partial charge in [0.15, 0.2) is 5.82 Å². The van der Waals surface area contributed by atoms with Crippen molar-refractivity contribution in [3.63, 3.8) is 0 Å². The first-order valence-electron chi connectivity index (χ1n) is 7.06. The summed E-state index contributed by atoms with van der Waals surface area (Å²) < 4.78 is 10.7. The summed E-state index contributed by atoms with van der Waals surface area (Å²) in [6.07, 6.45) is 2.96. The molecule has 2 aromatic rings. The molecule has 5 nitrogen and oxygen atoms in total. The molecule has 0 radical (unpaired) electrons. The summed E-state index contributed by atoms with van der Waals surface area (Å²) in [5.41, 5.74) is 1.19. The lowest BCUT2D eigenvalue weighted by molar-refractivity contribution is 0.0689. The van der Waals surface area contributed by atoms with E-state index < -0.39 is 0 Å². The molecule has 1 aromatic carbocycles. The van der Waals surface area contributed by atoms with Gasteiger partial charge in [0.1, 0.15) is 0 Å². The number of hydrogen-bond donors (Lipinski definition) is 1. The second kappa shape index (κ2) is 6.63. The molecule has 5 heteroatoms. The van der Waals surface area contributed by atoms with Crippen LogP contribution in [0.1, 0.15) is 30.1 Å². The Balaban J connectivity index is 1.51. The summed E-state index contributed by atoms with van der Waals surface area (Å²) in [4.78, 5) is 4.41. The molecule has 0 saturated carbocycles. The molecule has 0 spiro atoms. The maximum absolute atomic E-state index is 5.43. The second-order valence-electron chi connectivity index (χ2n) is 5.06. The molecule has 1 aliphatic heterocycles. The van der Waals surface area contributed by atoms with Crippen LogP contribution in [0.4, 0.5) is 0 Å². The molecular weight excluding hydrogens is 254 g/mol. The molecule has 1 unspecified atom stereocenters. The van der Waals surface area contributed by atoms with Crippen LogP contribution in [0, 0.1) is 0 Å². The van der Waals surface area contributed by atoms with E-state index in [2.05, 4.69) is 27.6 Å². The van der Waals surface area contributed by atoms with Gasteiger partial charge in [-0.25, -0.2) is 0 Å². The van der Waals surface area contributed by atoms with Crippen LogP contribution in [0.2, 0.25) is 0 Å². The molecule has 0 amide bonds. The van der Waals surface area contributed by atoms with Crippen molar-refractivity contribution < 1.29 is 9.26 Å². The highest BCUT2D eigenvalue weighted by Crippen LogP contribution is 2.08. The van der Waals surface area contributed by atoms with Crippen LogP contribution in [0.3, 0.4) is 0 Å². The van der Waals surface area contributed by atoms with Gasteiger partial charge in [0.25, 0.3) is 0 Å². The molecule has 1 atom stereocenters. The molecule has 20 heavy (non-hydrogen) atoms. The monoisotopic (exact) mass is 273 g/mol. The lowest BCUT2D eigenvalue weighted by Gasteiger charge is -2.22. The molecule has 1 aromatic heterocycles. The predicted molar refractivity (Wildman–Crippen MR) is 74.2 cm³/mol. The zero-order valence-electron chi connectivity index (χ0n) is 11.4. The van der Waals surface area contributed by atoms with Crippen molar-refractivity contribution >= 4 is 0 Å². The Morgan fingerprint density at radius 3 is 2.95 bits per heavy atom. The highest BCUT2D eigenvalue weighted by molar-refractivity contribution is 5.18. The van der Waals surface area contributed by atoms with Crippen molar-refractivity contribution in [3.05, 3.63) is 47.6 Å². The Bertz CT molecular complexity index is 521. The van der Waals surface area contributed by atoms with Crippen LogP contribution in [0.25, 0.3) is 0 Å². The van der Waals surface area contributed by atoms with Crippen LogP contribution < -0.4 is 5.32 Å². The smallest absolute Gasteiger partial charge is 0.240 e. The molecule has 1 saturated heterocycles. The van der Waals surface area contributed by atoms with E-state index in [9.17, 15) is 0 Å².